The summed E-state index contributed by atoms with van der Waals surface area (Å²) in [5.74, 6) is 0. The van der Waals surface area contributed by atoms with Crippen LogP contribution in [0.3, 0.4) is 0 Å². The molecule has 2 rings (SSSR count). The standard InChI is InChI=1S/C13H7F5N2O2S/c14-23(15,16,17,18)13-6-9(8-19)5-11(7-13)10-1-3-12(4-2-10)20(21)22/h1-7H. The van der Waals surface area contributed by atoms with E-state index in [0.29, 0.717) is 0 Å². The van der Waals surface area contributed by atoms with Crippen LogP contribution < -0.4 is 0 Å². The number of non-ortho nitro benzene ring substituents is 1. The number of benzene rings is 2. The summed E-state index contributed by atoms with van der Waals surface area (Å²) in [4.78, 5) is 7.64. The molecule has 0 fully saturated rings. The van der Waals surface area contributed by atoms with Gasteiger partial charge in [-0.25, -0.2) is 0 Å². The van der Waals surface area contributed by atoms with Crippen LogP contribution in [0.15, 0.2) is 47.4 Å². The zero-order valence-electron chi connectivity index (χ0n) is 11.1. The molecule has 4 nitrogen and oxygen atoms in total. The Balaban J connectivity index is 2.65. The van der Waals surface area contributed by atoms with Crippen molar-refractivity contribution in [1.82, 2.24) is 0 Å². The smallest absolute Gasteiger partial charge is 0.258 e. The highest BCUT2D eigenvalue weighted by molar-refractivity contribution is 8.45. The highest BCUT2D eigenvalue weighted by Crippen LogP contribution is 3.02. The van der Waals surface area contributed by atoms with E-state index in [1.54, 1.807) is 0 Å². The van der Waals surface area contributed by atoms with E-state index in [1.807, 2.05) is 0 Å². The van der Waals surface area contributed by atoms with Gasteiger partial charge >= 0.3 is 10.2 Å². The molecule has 0 amide bonds. The average Bonchev–Trinajstić information content (AvgIpc) is 2.44. The molecule has 23 heavy (non-hydrogen) atoms. The second kappa shape index (κ2) is 4.42. The molecule has 0 N–H and O–H groups in total. The fraction of sp³-hybridized carbons (Fsp3) is 0. The molecular weight excluding hydrogens is 343 g/mol. The topological polar surface area (TPSA) is 66.9 Å². The SMILES string of the molecule is N#Cc1cc(-c2ccc([N+](=O)[O-])cc2)cc(S(F)(F)(F)(F)F)c1. The predicted octanol–water partition coefficient (Wildman–Crippen LogP) is 5.79. The van der Waals surface area contributed by atoms with Gasteiger partial charge in [0.15, 0.2) is 0 Å². The van der Waals surface area contributed by atoms with E-state index in [2.05, 4.69) is 0 Å². The number of nitro benzene ring substituents is 1. The van der Waals surface area contributed by atoms with E-state index in [-0.39, 0.29) is 28.9 Å². The lowest BCUT2D eigenvalue weighted by Crippen LogP contribution is -2.06. The average molecular weight is 350 g/mol. The van der Waals surface area contributed by atoms with Crippen molar-refractivity contribution in [3.8, 4) is 17.2 Å². The number of hydrogen-bond acceptors (Lipinski definition) is 3. The number of hydrogen-bond donors (Lipinski definition) is 0. The van der Waals surface area contributed by atoms with Gasteiger partial charge in [0.1, 0.15) is 4.90 Å². The maximum atomic E-state index is 12.9. The molecule has 0 saturated carbocycles. The molecule has 0 atom stereocenters. The van der Waals surface area contributed by atoms with Crippen molar-refractivity contribution in [3.63, 3.8) is 0 Å². The lowest BCUT2D eigenvalue weighted by atomic mass is 10.0. The van der Waals surface area contributed by atoms with Crippen LogP contribution in [-0.4, -0.2) is 4.92 Å². The van der Waals surface area contributed by atoms with Crippen LogP contribution >= 0.6 is 10.2 Å². The second-order valence-electron chi connectivity index (χ2n) is 4.63. The first-order valence-electron chi connectivity index (χ1n) is 5.84. The number of nitro groups is 1. The van der Waals surface area contributed by atoms with E-state index in [1.165, 1.54) is 6.07 Å². The fourth-order valence-corrected chi connectivity index (χ4v) is 2.53. The van der Waals surface area contributed by atoms with Gasteiger partial charge in [-0.2, -0.15) is 5.26 Å². The maximum absolute atomic E-state index is 12.9. The van der Waals surface area contributed by atoms with Crippen molar-refractivity contribution in [1.29, 1.82) is 5.26 Å². The van der Waals surface area contributed by atoms with Gasteiger partial charge in [-0.05, 0) is 41.5 Å². The van der Waals surface area contributed by atoms with Crippen LogP contribution in [-0.2, 0) is 0 Å². The van der Waals surface area contributed by atoms with Crippen molar-refractivity contribution in [2.75, 3.05) is 0 Å². The highest BCUT2D eigenvalue weighted by atomic mass is 32.5. The molecule has 0 aliphatic carbocycles. The molecule has 0 aliphatic heterocycles. The molecule has 10 heteroatoms. The quantitative estimate of drug-likeness (QED) is 0.400. The van der Waals surface area contributed by atoms with Crippen LogP contribution in [0.1, 0.15) is 5.56 Å². The Morgan fingerprint density at radius 1 is 0.957 bits per heavy atom. The third kappa shape index (κ3) is 3.75. The molecule has 0 saturated heterocycles. The summed E-state index contributed by atoms with van der Waals surface area (Å²) < 4.78 is 64.7. The minimum absolute atomic E-state index is 0.0378. The van der Waals surface area contributed by atoms with Crippen molar-refractivity contribution in [2.45, 2.75) is 4.90 Å². The molecule has 0 aliphatic rings. The summed E-state index contributed by atoms with van der Waals surface area (Å²) in [5, 5.41) is 19.3. The molecular formula is C13H7F5N2O2S. The van der Waals surface area contributed by atoms with Crippen LogP contribution in [0, 0.1) is 21.4 Å². The van der Waals surface area contributed by atoms with Crippen molar-refractivity contribution >= 4 is 15.9 Å². The minimum atomic E-state index is -9.95. The van der Waals surface area contributed by atoms with Gasteiger partial charge in [-0.1, -0.05) is 19.4 Å². The Hall–Kier alpha value is -2.67. The van der Waals surface area contributed by atoms with Crippen LogP contribution in [0.5, 0.6) is 0 Å². The molecule has 2 aromatic rings. The first-order valence-corrected chi connectivity index (χ1v) is 7.79. The van der Waals surface area contributed by atoms with Crippen molar-refractivity contribution in [2.24, 2.45) is 0 Å². The molecule has 0 spiro atoms. The second-order valence-corrected chi connectivity index (χ2v) is 7.04. The molecule has 122 valence electrons. The normalized spacial score (nSPS) is 14.4. The Morgan fingerprint density at radius 3 is 1.96 bits per heavy atom. The molecule has 2 aromatic carbocycles. The zero-order chi connectivity index (χ0) is 17.5. The molecule has 0 heterocycles. The summed E-state index contributed by atoms with van der Waals surface area (Å²) in [7, 11) is -9.95. The minimum Gasteiger partial charge on any atom is -0.258 e. The van der Waals surface area contributed by atoms with E-state index in [4.69, 9.17) is 5.26 Å². The molecule has 0 unspecified atom stereocenters. The molecule has 0 radical (unpaired) electrons. The third-order valence-corrected chi connectivity index (χ3v) is 4.02. The molecule has 0 aromatic heterocycles. The van der Waals surface area contributed by atoms with Gasteiger partial charge < -0.3 is 0 Å². The highest BCUT2D eigenvalue weighted by Gasteiger charge is 2.65. The van der Waals surface area contributed by atoms with Crippen molar-refractivity contribution in [3.05, 3.63) is 58.1 Å². The summed E-state index contributed by atoms with van der Waals surface area (Å²) >= 11 is 0. The largest absolute Gasteiger partial charge is 0.310 e. The first kappa shape index (κ1) is 16.7. The van der Waals surface area contributed by atoms with Gasteiger partial charge in [0.05, 0.1) is 16.6 Å². The summed E-state index contributed by atoms with van der Waals surface area (Å²) in [6.45, 7) is 0. The summed E-state index contributed by atoms with van der Waals surface area (Å²) in [6, 6.07) is 6.96. The Bertz CT molecular complexity index is 842. The Labute approximate surface area is 126 Å². The summed E-state index contributed by atoms with van der Waals surface area (Å²) in [5.41, 5.74) is -1.15. The Kier molecular flexibility index (Phi) is 3.21. The fourth-order valence-electron chi connectivity index (χ4n) is 1.83. The van der Waals surface area contributed by atoms with E-state index in [9.17, 15) is 29.5 Å². The van der Waals surface area contributed by atoms with Crippen LogP contribution in [0.25, 0.3) is 11.1 Å². The molecule has 0 bridgehead atoms. The lowest BCUT2D eigenvalue weighted by Gasteiger charge is -2.40. The van der Waals surface area contributed by atoms with Crippen LogP contribution in [0.2, 0.25) is 0 Å². The monoisotopic (exact) mass is 350 g/mol. The van der Waals surface area contributed by atoms with Gasteiger partial charge in [0.2, 0.25) is 0 Å². The number of nitriles is 1. The number of halogens is 5. The van der Waals surface area contributed by atoms with E-state index < -0.39 is 25.6 Å². The Morgan fingerprint density at radius 2 is 1.52 bits per heavy atom. The lowest BCUT2D eigenvalue weighted by molar-refractivity contribution is -0.384. The van der Waals surface area contributed by atoms with Gasteiger partial charge in [-0.3, -0.25) is 10.1 Å². The van der Waals surface area contributed by atoms with Gasteiger partial charge in [-0.15, -0.1) is 0 Å². The van der Waals surface area contributed by atoms with E-state index >= 15 is 0 Å². The van der Waals surface area contributed by atoms with Gasteiger partial charge in [0.25, 0.3) is 5.69 Å². The van der Waals surface area contributed by atoms with Crippen LogP contribution in [0.4, 0.5) is 25.1 Å². The van der Waals surface area contributed by atoms with Crippen molar-refractivity contribution < 1.29 is 24.4 Å². The number of nitrogens with zero attached hydrogens (tertiary/aromatic N) is 2. The first-order chi connectivity index (χ1) is 10.3. The van der Waals surface area contributed by atoms with E-state index in [0.717, 1.165) is 30.3 Å². The van der Waals surface area contributed by atoms with Gasteiger partial charge in [0, 0.05) is 12.1 Å². The predicted molar refractivity (Wildman–Crippen MR) is 74.6 cm³/mol. The zero-order valence-corrected chi connectivity index (χ0v) is 11.9. The summed E-state index contributed by atoms with van der Waals surface area (Å²) in [6.07, 6.45) is 0. The third-order valence-electron chi connectivity index (χ3n) is 2.89. The number of rotatable bonds is 3. The maximum Gasteiger partial charge on any atom is 0.310 e.